The zero-order chi connectivity index (χ0) is 28.5. The molecular weight excluding hydrogens is 476 g/mol. The fraction of sp³-hybridized carbons (Fsp3) is 0.750. The summed E-state index contributed by atoms with van der Waals surface area (Å²) in [6, 6.07) is 8.97. The second kappa shape index (κ2) is 11.4. The van der Waals surface area contributed by atoms with Gasteiger partial charge in [0.15, 0.2) is 0 Å². The van der Waals surface area contributed by atoms with Gasteiger partial charge in [-0.15, -0.1) is 0 Å². The number of piperidine rings is 2. The van der Waals surface area contributed by atoms with Gasteiger partial charge in [0.05, 0.1) is 6.10 Å². The second-order valence-electron chi connectivity index (χ2n) is 14.3. The Morgan fingerprint density at radius 1 is 0.868 bits per heavy atom. The molecule has 0 radical (unpaired) electrons. The number of hydrogen-bond donors (Lipinski definition) is 1. The van der Waals surface area contributed by atoms with Crippen molar-refractivity contribution in [3.8, 4) is 0 Å². The average Bonchev–Trinajstić information content (AvgIpc) is 2.76. The summed E-state index contributed by atoms with van der Waals surface area (Å²) in [5.74, 6) is -1.04. The molecule has 1 atom stereocenters. The van der Waals surface area contributed by atoms with Gasteiger partial charge in [-0.25, -0.2) is 0 Å². The summed E-state index contributed by atoms with van der Waals surface area (Å²) >= 11 is 0. The zero-order valence-corrected chi connectivity index (χ0v) is 25.3. The number of hydrogen-bond acceptors (Lipinski definition) is 6. The molecule has 1 N–H and O–H groups in total. The van der Waals surface area contributed by atoms with Crippen LogP contribution in [0.2, 0.25) is 0 Å². The predicted molar refractivity (Wildman–Crippen MR) is 153 cm³/mol. The summed E-state index contributed by atoms with van der Waals surface area (Å²) in [4.78, 5) is 29.1. The van der Waals surface area contributed by atoms with Gasteiger partial charge in [-0.3, -0.25) is 14.6 Å². The van der Waals surface area contributed by atoms with Crippen molar-refractivity contribution in [3.05, 3.63) is 35.4 Å². The van der Waals surface area contributed by atoms with E-state index in [1.807, 2.05) is 6.92 Å². The van der Waals surface area contributed by atoms with Gasteiger partial charge >= 0.3 is 5.97 Å². The standard InChI is InChI=1S/C32H52N2O4/c1-10-11-25(22-35)28(37)38-27-18-31(6,7)34(32(8,9)19-27)21-24-14-12-23(13-15-24)20-33-29(2,3)16-26(36)17-30(33,4)5/h12-15,22,25-27,36H,10-11,16-21H2,1-9H3. The molecule has 3 rings (SSSR count). The van der Waals surface area contributed by atoms with E-state index in [1.165, 1.54) is 11.1 Å². The summed E-state index contributed by atoms with van der Waals surface area (Å²) in [5, 5.41) is 10.4. The quantitative estimate of drug-likeness (QED) is 0.245. The first kappa shape index (κ1) is 30.8. The highest BCUT2D eigenvalue weighted by Gasteiger charge is 2.47. The van der Waals surface area contributed by atoms with Crippen molar-refractivity contribution in [1.82, 2.24) is 9.80 Å². The van der Waals surface area contributed by atoms with E-state index in [0.717, 1.165) is 51.5 Å². The number of esters is 1. The van der Waals surface area contributed by atoms with Crippen molar-refractivity contribution >= 4 is 12.3 Å². The lowest BCUT2D eigenvalue weighted by molar-refractivity contribution is -0.166. The van der Waals surface area contributed by atoms with Gasteiger partial charge in [0, 0.05) is 48.1 Å². The minimum atomic E-state index is -0.658. The highest BCUT2D eigenvalue weighted by Crippen LogP contribution is 2.42. The van der Waals surface area contributed by atoms with Crippen LogP contribution in [0.25, 0.3) is 0 Å². The molecule has 0 bridgehead atoms. The van der Waals surface area contributed by atoms with Crippen molar-refractivity contribution in [3.63, 3.8) is 0 Å². The van der Waals surface area contributed by atoms with Crippen LogP contribution in [0.1, 0.15) is 112 Å². The summed E-state index contributed by atoms with van der Waals surface area (Å²) in [6.07, 6.45) is 4.67. The Hall–Kier alpha value is -1.76. The van der Waals surface area contributed by atoms with Crippen LogP contribution in [0.4, 0.5) is 0 Å². The Labute approximate surface area is 231 Å². The number of rotatable bonds is 9. The lowest BCUT2D eigenvalue weighted by Gasteiger charge is -2.55. The maximum absolute atomic E-state index is 12.6. The fourth-order valence-electron chi connectivity index (χ4n) is 7.35. The van der Waals surface area contributed by atoms with Crippen molar-refractivity contribution in [2.45, 2.75) is 148 Å². The number of likely N-dealkylation sites (tertiary alicyclic amines) is 2. The molecule has 2 fully saturated rings. The van der Waals surface area contributed by atoms with Gasteiger partial charge in [0.2, 0.25) is 0 Å². The second-order valence-corrected chi connectivity index (χ2v) is 14.3. The molecule has 0 spiro atoms. The highest BCUT2D eigenvalue weighted by molar-refractivity contribution is 5.87. The molecule has 0 saturated carbocycles. The molecule has 2 saturated heterocycles. The van der Waals surface area contributed by atoms with E-state index >= 15 is 0 Å². The predicted octanol–water partition coefficient (Wildman–Crippen LogP) is 5.88. The Balaban J connectivity index is 1.69. The van der Waals surface area contributed by atoms with E-state index in [4.69, 9.17) is 4.74 Å². The summed E-state index contributed by atoms with van der Waals surface area (Å²) in [5.41, 5.74) is 2.08. The normalized spacial score (nSPS) is 24.6. The van der Waals surface area contributed by atoms with Gasteiger partial charge in [-0.05, 0) is 85.8 Å². The number of carbonyl (C=O) groups excluding carboxylic acids is 2. The van der Waals surface area contributed by atoms with Crippen LogP contribution in [0.15, 0.2) is 24.3 Å². The van der Waals surface area contributed by atoms with E-state index in [2.05, 4.69) is 89.5 Å². The van der Waals surface area contributed by atoms with Crippen LogP contribution in [-0.4, -0.2) is 61.5 Å². The molecule has 0 amide bonds. The lowest BCUT2D eigenvalue weighted by Crippen LogP contribution is -2.61. The summed E-state index contributed by atoms with van der Waals surface area (Å²) < 4.78 is 5.88. The molecular formula is C32H52N2O4. The number of nitrogens with zero attached hydrogens (tertiary/aromatic N) is 2. The number of aldehydes is 1. The van der Waals surface area contributed by atoms with E-state index in [9.17, 15) is 14.7 Å². The number of ether oxygens (including phenoxy) is 1. The van der Waals surface area contributed by atoms with Gasteiger partial charge in [-0.2, -0.15) is 0 Å². The van der Waals surface area contributed by atoms with Crippen LogP contribution in [-0.2, 0) is 27.4 Å². The first-order valence-electron chi connectivity index (χ1n) is 14.5. The first-order valence-corrected chi connectivity index (χ1v) is 14.5. The molecule has 2 aliphatic heterocycles. The van der Waals surface area contributed by atoms with E-state index in [-0.39, 0.29) is 40.3 Å². The molecule has 6 nitrogen and oxygen atoms in total. The molecule has 2 heterocycles. The lowest BCUT2D eigenvalue weighted by atomic mass is 9.77. The molecule has 38 heavy (non-hydrogen) atoms. The minimum absolute atomic E-state index is 0.0655. The number of aliphatic hydroxyl groups is 1. The Kier molecular flexibility index (Phi) is 9.22. The van der Waals surface area contributed by atoms with Gasteiger partial charge in [-0.1, -0.05) is 37.6 Å². The largest absolute Gasteiger partial charge is 0.462 e. The summed E-state index contributed by atoms with van der Waals surface area (Å²) in [6.45, 7) is 21.5. The molecule has 0 aromatic heterocycles. The van der Waals surface area contributed by atoms with E-state index in [1.54, 1.807) is 0 Å². The maximum Gasteiger partial charge on any atom is 0.316 e. The van der Waals surface area contributed by atoms with Crippen LogP contribution in [0.3, 0.4) is 0 Å². The maximum atomic E-state index is 12.6. The Morgan fingerprint density at radius 3 is 1.63 bits per heavy atom. The minimum Gasteiger partial charge on any atom is -0.462 e. The smallest absolute Gasteiger partial charge is 0.316 e. The highest BCUT2D eigenvalue weighted by atomic mass is 16.5. The van der Waals surface area contributed by atoms with Crippen molar-refractivity contribution < 1.29 is 19.4 Å². The van der Waals surface area contributed by atoms with E-state index < -0.39 is 5.92 Å². The molecule has 214 valence electrons. The monoisotopic (exact) mass is 528 g/mol. The van der Waals surface area contributed by atoms with Crippen LogP contribution < -0.4 is 0 Å². The van der Waals surface area contributed by atoms with Crippen LogP contribution >= 0.6 is 0 Å². The van der Waals surface area contributed by atoms with Gasteiger partial charge < -0.3 is 14.6 Å². The third kappa shape index (κ3) is 7.05. The first-order chi connectivity index (χ1) is 17.5. The average molecular weight is 529 g/mol. The molecule has 0 aliphatic carbocycles. The molecule has 1 aromatic rings. The molecule has 1 aromatic carbocycles. The zero-order valence-electron chi connectivity index (χ0n) is 25.3. The van der Waals surface area contributed by atoms with Crippen LogP contribution in [0.5, 0.6) is 0 Å². The Bertz CT molecular complexity index is 930. The number of aliphatic hydroxyl groups excluding tert-OH is 1. The number of benzene rings is 1. The SMILES string of the molecule is CCCC(C=O)C(=O)OC1CC(C)(C)N(Cc2ccc(CN3C(C)(C)CC(O)CC3(C)C)cc2)C(C)(C)C1. The third-order valence-corrected chi connectivity index (χ3v) is 8.90. The van der Waals surface area contributed by atoms with Gasteiger partial charge in [0.1, 0.15) is 18.3 Å². The van der Waals surface area contributed by atoms with Gasteiger partial charge in [0.25, 0.3) is 0 Å². The topological polar surface area (TPSA) is 70.1 Å². The molecule has 2 aliphatic rings. The van der Waals surface area contributed by atoms with E-state index in [0.29, 0.717) is 6.42 Å². The third-order valence-electron chi connectivity index (χ3n) is 8.90. The molecule has 6 heteroatoms. The summed E-state index contributed by atoms with van der Waals surface area (Å²) in [7, 11) is 0. The number of carbonyl (C=O) groups is 2. The van der Waals surface area contributed by atoms with Crippen molar-refractivity contribution in [2.75, 3.05) is 0 Å². The van der Waals surface area contributed by atoms with Crippen LogP contribution in [0, 0.1) is 5.92 Å². The Morgan fingerprint density at radius 2 is 1.26 bits per heavy atom. The van der Waals surface area contributed by atoms with Crippen molar-refractivity contribution in [2.24, 2.45) is 5.92 Å². The molecule has 1 unspecified atom stereocenters. The van der Waals surface area contributed by atoms with Crippen molar-refractivity contribution in [1.29, 1.82) is 0 Å². The fourth-order valence-corrected chi connectivity index (χ4v) is 7.35.